The Bertz CT molecular complexity index is 725. The number of piperidine rings is 1. The first kappa shape index (κ1) is 18.8. The van der Waals surface area contributed by atoms with Gasteiger partial charge in [0.2, 0.25) is 5.91 Å². The first-order chi connectivity index (χ1) is 13.1. The molecule has 27 heavy (non-hydrogen) atoms. The van der Waals surface area contributed by atoms with E-state index in [2.05, 4.69) is 22.4 Å². The molecule has 2 aliphatic carbocycles. The standard InChI is InChI=1S/C22H29ClN2O2/c1-27-20-8-7-17(13-19(20)23)24-21(26)18-14-22(18)9-11-25(12-10-22)15-16-5-3-2-4-6-16/h2-3,7-8,13,16,18H,4-6,9-12,14-15H2,1H3,(H,24,26). The molecule has 0 radical (unpaired) electrons. The molecule has 2 fully saturated rings. The predicted octanol–water partition coefficient (Wildman–Crippen LogP) is 4.75. The highest BCUT2D eigenvalue weighted by Crippen LogP contribution is 2.59. The average Bonchev–Trinajstić information content (AvgIpc) is 3.39. The van der Waals surface area contributed by atoms with Gasteiger partial charge < -0.3 is 15.0 Å². The summed E-state index contributed by atoms with van der Waals surface area (Å²) in [6.07, 6.45) is 11.8. The second-order valence-electron chi connectivity index (χ2n) is 8.41. The molecule has 146 valence electrons. The number of allylic oxidation sites excluding steroid dienone is 2. The number of hydrogen-bond donors (Lipinski definition) is 1. The number of ether oxygens (including phenoxy) is 1. The van der Waals surface area contributed by atoms with Crippen molar-refractivity contribution in [2.45, 2.75) is 38.5 Å². The number of nitrogens with one attached hydrogen (secondary N) is 1. The van der Waals surface area contributed by atoms with Crippen molar-refractivity contribution in [2.75, 3.05) is 32.1 Å². The van der Waals surface area contributed by atoms with Gasteiger partial charge in [0.05, 0.1) is 12.1 Å². The monoisotopic (exact) mass is 388 g/mol. The number of hydrogen-bond acceptors (Lipinski definition) is 3. The number of halogens is 1. The van der Waals surface area contributed by atoms with Crippen LogP contribution in [0, 0.1) is 17.3 Å². The zero-order valence-electron chi connectivity index (χ0n) is 16.0. The molecule has 3 aliphatic rings. The topological polar surface area (TPSA) is 41.6 Å². The van der Waals surface area contributed by atoms with E-state index in [0.29, 0.717) is 10.8 Å². The molecule has 1 spiro atoms. The van der Waals surface area contributed by atoms with E-state index in [9.17, 15) is 4.79 Å². The molecule has 4 nitrogen and oxygen atoms in total. The van der Waals surface area contributed by atoms with Crippen molar-refractivity contribution in [3.8, 4) is 5.75 Å². The molecule has 5 heteroatoms. The number of carbonyl (C=O) groups is 1. The summed E-state index contributed by atoms with van der Waals surface area (Å²) in [6.45, 7) is 3.50. The fourth-order valence-corrected chi connectivity index (χ4v) is 5.07. The first-order valence-electron chi connectivity index (χ1n) is 10.1. The minimum Gasteiger partial charge on any atom is -0.495 e. The van der Waals surface area contributed by atoms with Gasteiger partial charge in [0.25, 0.3) is 0 Å². The largest absolute Gasteiger partial charge is 0.495 e. The smallest absolute Gasteiger partial charge is 0.228 e. The Balaban J connectivity index is 1.27. The normalized spacial score (nSPS) is 26.7. The predicted molar refractivity (Wildman–Crippen MR) is 109 cm³/mol. The van der Waals surface area contributed by atoms with E-state index in [-0.39, 0.29) is 17.2 Å². The molecular weight excluding hydrogens is 360 g/mol. The molecule has 1 aromatic carbocycles. The summed E-state index contributed by atoms with van der Waals surface area (Å²) in [6, 6.07) is 5.40. The molecule has 0 bridgehead atoms. The zero-order chi connectivity index (χ0) is 18.9. The van der Waals surface area contributed by atoms with Crippen molar-refractivity contribution in [1.29, 1.82) is 0 Å². The van der Waals surface area contributed by atoms with E-state index >= 15 is 0 Å². The molecule has 0 aromatic heterocycles. The summed E-state index contributed by atoms with van der Waals surface area (Å²) in [7, 11) is 1.59. The van der Waals surface area contributed by atoms with Crippen molar-refractivity contribution < 1.29 is 9.53 Å². The molecule has 1 heterocycles. The van der Waals surface area contributed by atoms with Crippen LogP contribution in [0.4, 0.5) is 5.69 Å². The summed E-state index contributed by atoms with van der Waals surface area (Å²) in [5, 5.41) is 3.56. The lowest BCUT2D eigenvalue weighted by Crippen LogP contribution is -2.39. The molecule has 4 rings (SSSR count). The summed E-state index contributed by atoms with van der Waals surface area (Å²) < 4.78 is 5.17. The lowest BCUT2D eigenvalue weighted by Gasteiger charge is -2.35. The van der Waals surface area contributed by atoms with Gasteiger partial charge in [-0.15, -0.1) is 0 Å². The van der Waals surface area contributed by atoms with Crippen molar-refractivity contribution >= 4 is 23.2 Å². The summed E-state index contributed by atoms with van der Waals surface area (Å²) in [4.78, 5) is 15.3. The minimum atomic E-state index is 0.141. The van der Waals surface area contributed by atoms with E-state index in [0.717, 1.165) is 44.0 Å². The van der Waals surface area contributed by atoms with Gasteiger partial charge in [0.15, 0.2) is 0 Å². The van der Waals surface area contributed by atoms with Crippen LogP contribution in [-0.4, -0.2) is 37.6 Å². The zero-order valence-corrected chi connectivity index (χ0v) is 16.8. The molecule has 1 saturated carbocycles. The van der Waals surface area contributed by atoms with Gasteiger partial charge in [-0.05, 0) is 81.1 Å². The van der Waals surface area contributed by atoms with Crippen LogP contribution in [0.2, 0.25) is 5.02 Å². The van der Waals surface area contributed by atoms with Crippen LogP contribution >= 0.6 is 11.6 Å². The highest BCUT2D eigenvalue weighted by Gasteiger charge is 2.58. The maximum atomic E-state index is 12.7. The molecule has 1 N–H and O–H groups in total. The highest BCUT2D eigenvalue weighted by atomic mass is 35.5. The van der Waals surface area contributed by atoms with Crippen LogP contribution in [0.25, 0.3) is 0 Å². The van der Waals surface area contributed by atoms with Gasteiger partial charge >= 0.3 is 0 Å². The number of likely N-dealkylation sites (tertiary alicyclic amines) is 1. The number of methoxy groups -OCH3 is 1. The summed E-state index contributed by atoms with van der Waals surface area (Å²) in [5.41, 5.74) is 0.985. The lowest BCUT2D eigenvalue weighted by atomic mass is 9.88. The van der Waals surface area contributed by atoms with Gasteiger partial charge in [-0.2, -0.15) is 0 Å². The van der Waals surface area contributed by atoms with E-state index < -0.39 is 0 Å². The van der Waals surface area contributed by atoms with Crippen molar-refractivity contribution in [3.63, 3.8) is 0 Å². The third-order valence-electron chi connectivity index (χ3n) is 6.67. The molecule has 1 aliphatic heterocycles. The fourth-order valence-electron chi connectivity index (χ4n) is 4.81. The third-order valence-corrected chi connectivity index (χ3v) is 6.97. The van der Waals surface area contributed by atoms with Gasteiger partial charge in [-0.3, -0.25) is 4.79 Å². The van der Waals surface area contributed by atoms with Crippen molar-refractivity contribution in [1.82, 2.24) is 4.90 Å². The Labute approximate surface area is 166 Å². The van der Waals surface area contributed by atoms with E-state index in [1.165, 1.54) is 25.8 Å². The van der Waals surface area contributed by atoms with Crippen LogP contribution in [0.3, 0.4) is 0 Å². The number of nitrogens with zero attached hydrogens (tertiary/aromatic N) is 1. The lowest BCUT2D eigenvalue weighted by molar-refractivity contribution is -0.118. The molecule has 2 unspecified atom stereocenters. The van der Waals surface area contributed by atoms with Gasteiger partial charge in [-0.1, -0.05) is 23.8 Å². The van der Waals surface area contributed by atoms with Gasteiger partial charge in [-0.25, -0.2) is 0 Å². The SMILES string of the molecule is COc1ccc(NC(=O)C2CC23CCN(CC2CC=CCC2)CC3)cc1Cl. The molecule has 1 saturated heterocycles. The van der Waals surface area contributed by atoms with Crippen LogP contribution in [0.15, 0.2) is 30.4 Å². The van der Waals surface area contributed by atoms with E-state index in [4.69, 9.17) is 16.3 Å². The average molecular weight is 389 g/mol. The molecule has 1 amide bonds. The van der Waals surface area contributed by atoms with Crippen molar-refractivity contribution in [3.05, 3.63) is 35.4 Å². The highest BCUT2D eigenvalue weighted by molar-refractivity contribution is 6.32. The van der Waals surface area contributed by atoms with Crippen LogP contribution in [0.5, 0.6) is 5.75 Å². The number of amides is 1. The minimum absolute atomic E-state index is 0.141. The quantitative estimate of drug-likeness (QED) is 0.740. The van der Waals surface area contributed by atoms with Crippen molar-refractivity contribution in [2.24, 2.45) is 17.3 Å². The Morgan fingerprint density at radius 3 is 2.81 bits per heavy atom. The number of carbonyl (C=O) groups excluding carboxylic acids is 1. The van der Waals surface area contributed by atoms with Crippen LogP contribution in [-0.2, 0) is 4.79 Å². The molecule has 2 atom stereocenters. The number of anilines is 1. The molecular formula is C22H29ClN2O2. The maximum absolute atomic E-state index is 12.7. The Hall–Kier alpha value is -1.52. The third kappa shape index (κ3) is 4.17. The van der Waals surface area contributed by atoms with E-state index in [1.54, 1.807) is 19.2 Å². The number of rotatable bonds is 5. The Morgan fingerprint density at radius 2 is 2.15 bits per heavy atom. The number of benzene rings is 1. The Morgan fingerprint density at radius 1 is 1.33 bits per heavy atom. The molecule has 1 aromatic rings. The second-order valence-corrected chi connectivity index (χ2v) is 8.82. The first-order valence-corrected chi connectivity index (χ1v) is 10.5. The Kier molecular flexibility index (Phi) is 5.47. The van der Waals surface area contributed by atoms with Gasteiger partial charge in [0, 0.05) is 18.2 Å². The summed E-state index contributed by atoms with van der Waals surface area (Å²) in [5.74, 6) is 1.74. The van der Waals surface area contributed by atoms with Crippen LogP contribution < -0.4 is 10.1 Å². The second kappa shape index (κ2) is 7.84. The maximum Gasteiger partial charge on any atom is 0.228 e. The van der Waals surface area contributed by atoms with Gasteiger partial charge in [0.1, 0.15) is 5.75 Å². The van der Waals surface area contributed by atoms with E-state index in [1.807, 2.05) is 6.07 Å². The summed E-state index contributed by atoms with van der Waals surface area (Å²) >= 11 is 6.16. The van der Waals surface area contributed by atoms with Crippen LogP contribution in [0.1, 0.15) is 38.5 Å². The fraction of sp³-hybridized carbons (Fsp3) is 0.591.